The molecule has 4 nitrogen and oxygen atoms in total. The summed E-state index contributed by atoms with van der Waals surface area (Å²) in [5.74, 6) is -0.217. The van der Waals surface area contributed by atoms with Gasteiger partial charge in [0, 0.05) is 61.5 Å². The van der Waals surface area contributed by atoms with Crippen molar-refractivity contribution in [3.8, 4) is 0 Å². The van der Waals surface area contributed by atoms with Crippen LogP contribution in [0.1, 0.15) is 31.8 Å². The minimum Gasteiger partial charge on any atom is -0.377 e. The van der Waals surface area contributed by atoms with Gasteiger partial charge in [0.1, 0.15) is 0 Å². The Morgan fingerprint density at radius 1 is 0.475 bits per heavy atom. The molecule has 0 spiro atoms. The summed E-state index contributed by atoms with van der Waals surface area (Å²) in [4.78, 5) is 30.0. The zero-order chi connectivity index (χ0) is 28.2. The van der Waals surface area contributed by atoms with Gasteiger partial charge in [0.15, 0.2) is 11.6 Å². The number of fused-ring (bicyclic) bond motifs is 2. The number of benzene rings is 5. The fourth-order valence-electron chi connectivity index (χ4n) is 5.01. The van der Waals surface area contributed by atoms with Crippen molar-refractivity contribution >= 4 is 56.6 Å². The molecule has 5 rings (SSSR count). The highest BCUT2D eigenvalue weighted by atomic mass is 16.1. The quantitative estimate of drug-likeness (QED) is 0.153. The largest absolute Gasteiger partial charge is 0.377 e. The van der Waals surface area contributed by atoms with E-state index in [2.05, 4.69) is 46.2 Å². The van der Waals surface area contributed by atoms with Crippen LogP contribution < -0.4 is 9.80 Å². The highest BCUT2D eigenvalue weighted by Gasteiger charge is 2.09. The summed E-state index contributed by atoms with van der Waals surface area (Å²) in [6, 6.07) is 31.4. The molecule has 0 bridgehead atoms. The number of ketones is 2. The van der Waals surface area contributed by atoms with E-state index in [1.807, 2.05) is 76.7 Å². The topological polar surface area (TPSA) is 40.6 Å². The highest BCUT2D eigenvalue weighted by molar-refractivity contribution is 6.11. The van der Waals surface area contributed by atoms with Crippen molar-refractivity contribution in [2.75, 3.05) is 38.0 Å². The SMILES string of the molecule is CN(C)c1ccc(/C=C/C(=O)c2ccc(C(=O)/C=C/c3ccc(N(C)C)c4ccccc34)cc2)c2ccccc12. The van der Waals surface area contributed by atoms with Crippen LogP contribution in [0, 0.1) is 0 Å². The lowest BCUT2D eigenvalue weighted by Gasteiger charge is -2.16. The van der Waals surface area contributed by atoms with E-state index in [4.69, 9.17) is 0 Å². The van der Waals surface area contributed by atoms with Gasteiger partial charge >= 0.3 is 0 Å². The van der Waals surface area contributed by atoms with Gasteiger partial charge in [-0.25, -0.2) is 0 Å². The van der Waals surface area contributed by atoms with E-state index >= 15 is 0 Å². The second kappa shape index (κ2) is 11.4. The second-order valence-corrected chi connectivity index (χ2v) is 10.2. The summed E-state index contributed by atoms with van der Waals surface area (Å²) in [6.45, 7) is 0. The zero-order valence-corrected chi connectivity index (χ0v) is 23.3. The Bertz CT molecular complexity index is 1640. The second-order valence-electron chi connectivity index (χ2n) is 10.2. The molecule has 0 N–H and O–H groups in total. The minimum atomic E-state index is -0.109. The summed E-state index contributed by atoms with van der Waals surface area (Å²) in [6.07, 6.45) is 6.91. The van der Waals surface area contributed by atoms with E-state index in [-0.39, 0.29) is 11.6 Å². The number of anilines is 2. The maximum Gasteiger partial charge on any atom is 0.185 e. The van der Waals surface area contributed by atoms with Crippen molar-refractivity contribution in [2.24, 2.45) is 0 Å². The van der Waals surface area contributed by atoms with Gasteiger partial charge in [0.2, 0.25) is 0 Å². The third-order valence-corrected chi connectivity index (χ3v) is 7.12. The summed E-state index contributed by atoms with van der Waals surface area (Å²) in [5.41, 5.74) is 5.31. The molecular weight excluding hydrogens is 492 g/mol. The monoisotopic (exact) mass is 524 g/mol. The molecular formula is C36H32N2O2. The van der Waals surface area contributed by atoms with Gasteiger partial charge in [-0.2, -0.15) is 0 Å². The van der Waals surface area contributed by atoms with Gasteiger partial charge in [-0.3, -0.25) is 9.59 Å². The van der Waals surface area contributed by atoms with Gasteiger partial charge in [0.05, 0.1) is 0 Å². The van der Waals surface area contributed by atoms with E-state index in [9.17, 15) is 9.59 Å². The molecule has 0 aliphatic rings. The first-order valence-electron chi connectivity index (χ1n) is 13.3. The fourth-order valence-corrected chi connectivity index (χ4v) is 5.01. The molecule has 0 saturated heterocycles. The van der Waals surface area contributed by atoms with Gasteiger partial charge in [-0.1, -0.05) is 97.1 Å². The number of allylic oxidation sites excluding steroid dienone is 2. The Balaban J connectivity index is 1.32. The van der Waals surface area contributed by atoms with Crippen LogP contribution >= 0.6 is 0 Å². The molecule has 4 heteroatoms. The van der Waals surface area contributed by atoms with Crippen LogP contribution in [0.15, 0.2) is 109 Å². The molecule has 0 aliphatic carbocycles. The Morgan fingerprint density at radius 3 is 1.18 bits per heavy atom. The fraction of sp³-hybridized carbons (Fsp3) is 0.111. The third-order valence-electron chi connectivity index (χ3n) is 7.12. The van der Waals surface area contributed by atoms with Crippen molar-refractivity contribution in [1.29, 1.82) is 0 Å². The molecule has 0 radical (unpaired) electrons. The highest BCUT2D eigenvalue weighted by Crippen LogP contribution is 2.30. The van der Waals surface area contributed by atoms with E-state index in [0.717, 1.165) is 44.0 Å². The number of nitrogens with zero attached hydrogens (tertiary/aromatic N) is 2. The predicted molar refractivity (Wildman–Crippen MR) is 170 cm³/mol. The first-order valence-corrected chi connectivity index (χ1v) is 13.3. The van der Waals surface area contributed by atoms with E-state index in [0.29, 0.717) is 11.1 Å². The number of rotatable bonds is 8. The van der Waals surface area contributed by atoms with Crippen molar-refractivity contribution in [2.45, 2.75) is 0 Å². The van der Waals surface area contributed by atoms with Crippen molar-refractivity contribution < 1.29 is 9.59 Å². The number of hydrogen-bond acceptors (Lipinski definition) is 4. The summed E-state index contributed by atoms with van der Waals surface area (Å²) >= 11 is 0. The normalized spacial score (nSPS) is 11.5. The Hall–Kier alpha value is -4.96. The molecule has 0 unspecified atom stereocenters. The predicted octanol–water partition coefficient (Wildman–Crippen LogP) is 7.92. The molecule has 5 aromatic rings. The lowest BCUT2D eigenvalue weighted by atomic mass is 10.00. The number of carbonyl (C=O) groups excluding carboxylic acids is 2. The Morgan fingerprint density at radius 2 is 0.825 bits per heavy atom. The summed E-state index contributed by atoms with van der Waals surface area (Å²) in [5, 5.41) is 4.46. The van der Waals surface area contributed by atoms with Gasteiger partial charge < -0.3 is 9.80 Å². The molecule has 0 amide bonds. The van der Waals surface area contributed by atoms with Crippen molar-refractivity contribution in [3.05, 3.63) is 131 Å². The van der Waals surface area contributed by atoms with Crippen LogP contribution in [0.3, 0.4) is 0 Å². The smallest absolute Gasteiger partial charge is 0.185 e. The Kier molecular flexibility index (Phi) is 7.61. The lowest BCUT2D eigenvalue weighted by molar-refractivity contribution is 0.103. The van der Waals surface area contributed by atoms with E-state index in [1.165, 1.54) is 0 Å². The van der Waals surface area contributed by atoms with Crippen molar-refractivity contribution in [1.82, 2.24) is 0 Å². The Labute approximate surface area is 235 Å². The molecule has 40 heavy (non-hydrogen) atoms. The first-order chi connectivity index (χ1) is 19.3. The molecule has 0 atom stereocenters. The molecule has 0 aliphatic heterocycles. The maximum atomic E-state index is 12.9. The molecule has 0 fully saturated rings. The first kappa shape index (κ1) is 26.6. The molecule has 5 aromatic carbocycles. The standard InChI is InChI=1S/C36H32N2O2/c1-37(2)33-21-17-25(29-9-5-7-11-31(29)33)19-23-35(39)27-13-15-28(16-14-27)36(40)24-20-26-18-22-34(38(3)4)32-12-8-6-10-30(26)32/h5-24H,1-4H3/b23-19+,24-20+. The van der Waals surface area contributed by atoms with Gasteiger partial charge in [-0.15, -0.1) is 0 Å². The molecule has 0 heterocycles. The van der Waals surface area contributed by atoms with Crippen LogP contribution in [-0.2, 0) is 0 Å². The van der Waals surface area contributed by atoms with Gasteiger partial charge in [-0.05, 0) is 46.2 Å². The minimum absolute atomic E-state index is 0.109. The van der Waals surface area contributed by atoms with Crippen LogP contribution in [0.4, 0.5) is 11.4 Å². The van der Waals surface area contributed by atoms with Crippen LogP contribution in [-0.4, -0.2) is 39.8 Å². The molecule has 0 aromatic heterocycles. The average Bonchev–Trinajstić information content (AvgIpc) is 2.98. The third kappa shape index (κ3) is 5.43. The van der Waals surface area contributed by atoms with E-state index in [1.54, 1.807) is 36.4 Å². The maximum absolute atomic E-state index is 12.9. The summed E-state index contributed by atoms with van der Waals surface area (Å²) in [7, 11) is 8.09. The molecule has 198 valence electrons. The van der Waals surface area contributed by atoms with Crippen LogP contribution in [0.2, 0.25) is 0 Å². The van der Waals surface area contributed by atoms with Crippen LogP contribution in [0.5, 0.6) is 0 Å². The lowest BCUT2D eigenvalue weighted by Crippen LogP contribution is -2.09. The van der Waals surface area contributed by atoms with Crippen molar-refractivity contribution in [3.63, 3.8) is 0 Å². The summed E-state index contributed by atoms with van der Waals surface area (Å²) < 4.78 is 0. The number of carbonyl (C=O) groups is 2. The zero-order valence-electron chi connectivity index (χ0n) is 23.3. The van der Waals surface area contributed by atoms with E-state index < -0.39 is 0 Å². The van der Waals surface area contributed by atoms with Gasteiger partial charge in [0.25, 0.3) is 0 Å². The average molecular weight is 525 g/mol. The molecule has 0 saturated carbocycles. The number of hydrogen-bond donors (Lipinski definition) is 0. The van der Waals surface area contributed by atoms with Crippen LogP contribution in [0.25, 0.3) is 33.7 Å².